The van der Waals surface area contributed by atoms with Gasteiger partial charge in [0.1, 0.15) is 5.75 Å². The first-order valence-electron chi connectivity index (χ1n) is 7.52. The highest BCUT2D eigenvalue weighted by Crippen LogP contribution is 2.19. The van der Waals surface area contributed by atoms with Gasteiger partial charge in [0.15, 0.2) is 6.61 Å². The first-order valence-corrected chi connectivity index (χ1v) is 7.52. The molecule has 1 amide bonds. The normalized spacial score (nSPS) is 11.8. The van der Waals surface area contributed by atoms with E-state index in [1.807, 2.05) is 38.1 Å². The summed E-state index contributed by atoms with van der Waals surface area (Å²) < 4.78 is 5.58. The summed E-state index contributed by atoms with van der Waals surface area (Å²) in [5, 5.41) is 2.99. The van der Waals surface area contributed by atoms with Gasteiger partial charge in [0.25, 0.3) is 5.91 Å². The zero-order valence-corrected chi connectivity index (χ0v) is 13.6. The van der Waals surface area contributed by atoms with E-state index < -0.39 is 0 Å². The van der Waals surface area contributed by atoms with Crippen LogP contribution in [0.15, 0.2) is 42.5 Å². The fourth-order valence-electron chi connectivity index (χ4n) is 2.45. The van der Waals surface area contributed by atoms with Crippen LogP contribution in [-0.2, 0) is 4.79 Å². The maximum absolute atomic E-state index is 12.1. The molecule has 0 aromatic heterocycles. The summed E-state index contributed by atoms with van der Waals surface area (Å²) in [7, 11) is 0. The van der Waals surface area contributed by atoms with Crippen molar-refractivity contribution in [3.8, 4) is 5.75 Å². The molecule has 0 aliphatic heterocycles. The second-order valence-electron chi connectivity index (χ2n) is 5.70. The lowest BCUT2D eigenvalue weighted by atomic mass is 10.00. The Labute approximate surface area is 132 Å². The number of amides is 1. The molecular formula is C19H23NO2. The molecule has 0 radical (unpaired) electrons. The summed E-state index contributed by atoms with van der Waals surface area (Å²) >= 11 is 0. The average molecular weight is 297 g/mol. The van der Waals surface area contributed by atoms with E-state index in [0.717, 1.165) is 16.9 Å². The van der Waals surface area contributed by atoms with Crippen LogP contribution >= 0.6 is 0 Å². The highest BCUT2D eigenvalue weighted by Gasteiger charge is 2.12. The van der Waals surface area contributed by atoms with Gasteiger partial charge in [-0.3, -0.25) is 4.79 Å². The molecule has 0 unspecified atom stereocenters. The van der Waals surface area contributed by atoms with Gasteiger partial charge in [0.2, 0.25) is 0 Å². The standard InChI is InChI=1S/C19H23NO2/c1-13-9-10-14(2)17(11-13)16(4)20-19(21)12-22-18-8-6-5-7-15(18)3/h5-11,16H,12H2,1-4H3,(H,20,21)/t16-/m1/s1. The molecule has 0 saturated heterocycles. The number of benzene rings is 2. The first kappa shape index (κ1) is 16.1. The average Bonchev–Trinajstić information content (AvgIpc) is 2.48. The predicted octanol–water partition coefficient (Wildman–Crippen LogP) is 3.87. The predicted molar refractivity (Wildman–Crippen MR) is 89.1 cm³/mol. The van der Waals surface area contributed by atoms with Crippen molar-refractivity contribution >= 4 is 5.91 Å². The molecule has 1 N–H and O–H groups in total. The number of hydrogen-bond acceptors (Lipinski definition) is 2. The van der Waals surface area contributed by atoms with Gasteiger partial charge in [0, 0.05) is 0 Å². The summed E-state index contributed by atoms with van der Waals surface area (Å²) in [6.07, 6.45) is 0. The van der Waals surface area contributed by atoms with Gasteiger partial charge in [-0.05, 0) is 50.5 Å². The highest BCUT2D eigenvalue weighted by molar-refractivity contribution is 5.78. The molecule has 0 aliphatic carbocycles. The number of ether oxygens (including phenoxy) is 1. The molecule has 2 aromatic rings. The van der Waals surface area contributed by atoms with Crippen LogP contribution in [0.25, 0.3) is 0 Å². The molecule has 3 heteroatoms. The first-order chi connectivity index (χ1) is 10.5. The Morgan fingerprint density at radius 2 is 1.82 bits per heavy atom. The summed E-state index contributed by atoms with van der Waals surface area (Å²) in [4.78, 5) is 12.1. The Balaban J connectivity index is 1.94. The van der Waals surface area contributed by atoms with E-state index in [1.165, 1.54) is 11.1 Å². The summed E-state index contributed by atoms with van der Waals surface area (Å²) in [6, 6.07) is 13.9. The Morgan fingerprint density at radius 3 is 2.55 bits per heavy atom. The zero-order chi connectivity index (χ0) is 16.1. The van der Waals surface area contributed by atoms with Gasteiger partial charge in [-0.2, -0.15) is 0 Å². The second kappa shape index (κ2) is 7.12. The van der Waals surface area contributed by atoms with Gasteiger partial charge < -0.3 is 10.1 Å². The number of hydrogen-bond donors (Lipinski definition) is 1. The van der Waals surface area contributed by atoms with Crippen molar-refractivity contribution in [1.82, 2.24) is 5.32 Å². The van der Waals surface area contributed by atoms with Crippen LogP contribution < -0.4 is 10.1 Å². The number of carbonyl (C=O) groups excluding carboxylic acids is 1. The largest absolute Gasteiger partial charge is 0.484 e. The molecule has 116 valence electrons. The minimum atomic E-state index is -0.114. The van der Waals surface area contributed by atoms with Gasteiger partial charge >= 0.3 is 0 Å². The van der Waals surface area contributed by atoms with Crippen LogP contribution in [0.3, 0.4) is 0 Å². The molecule has 0 spiro atoms. The minimum absolute atomic E-state index is 0.0278. The number of nitrogens with one attached hydrogen (secondary N) is 1. The van der Waals surface area contributed by atoms with E-state index in [4.69, 9.17) is 4.74 Å². The van der Waals surface area contributed by atoms with Crippen LogP contribution in [0, 0.1) is 20.8 Å². The summed E-state index contributed by atoms with van der Waals surface area (Å²) in [5.41, 5.74) is 4.54. The van der Waals surface area contributed by atoms with Crippen LogP contribution in [0.4, 0.5) is 0 Å². The lowest BCUT2D eigenvalue weighted by Gasteiger charge is -2.18. The maximum atomic E-state index is 12.1. The smallest absolute Gasteiger partial charge is 0.258 e. The van der Waals surface area contributed by atoms with Gasteiger partial charge in [-0.25, -0.2) is 0 Å². The van der Waals surface area contributed by atoms with E-state index >= 15 is 0 Å². The van der Waals surface area contributed by atoms with Crippen LogP contribution in [0.2, 0.25) is 0 Å². The zero-order valence-electron chi connectivity index (χ0n) is 13.6. The molecule has 22 heavy (non-hydrogen) atoms. The van der Waals surface area contributed by atoms with Crippen molar-refractivity contribution in [2.45, 2.75) is 33.7 Å². The van der Waals surface area contributed by atoms with Gasteiger partial charge in [0.05, 0.1) is 6.04 Å². The van der Waals surface area contributed by atoms with Crippen molar-refractivity contribution in [1.29, 1.82) is 0 Å². The quantitative estimate of drug-likeness (QED) is 0.910. The molecule has 3 nitrogen and oxygen atoms in total. The molecule has 0 heterocycles. The van der Waals surface area contributed by atoms with Crippen LogP contribution in [-0.4, -0.2) is 12.5 Å². The third-order valence-electron chi connectivity index (χ3n) is 3.73. The Kier molecular flexibility index (Phi) is 5.21. The number of aryl methyl sites for hydroxylation is 3. The van der Waals surface area contributed by atoms with Crippen molar-refractivity contribution in [2.24, 2.45) is 0 Å². The van der Waals surface area contributed by atoms with Crippen molar-refractivity contribution in [3.05, 3.63) is 64.7 Å². The van der Waals surface area contributed by atoms with E-state index in [1.54, 1.807) is 0 Å². The minimum Gasteiger partial charge on any atom is -0.484 e. The van der Waals surface area contributed by atoms with Gasteiger partial charge in [-0.15, -0.1) is 0 Å². The van der Waals surface area contributed by atoms with E-state index in [2.05, 4.69) is 37.4 Å². The van der Waals surface area contributed by atoms with E-state index in [0.29, 0.717) is 0 Å². The lowest BCUT2D eigenvalue weighted by molar-refractivity contribution is -0.123. The van der Waals surface area contributed by atoms with Crippen LogP contribution in [0.5, 0.6) is 5.75 Å². The van der Waals surface area contributed by atoms with Crippen molar-refractivity contribution in [2.75, 3.05) is 6.61 Å². The monoisotopic (exact) mass is 297 g/mol. The Bertz CT molecular complexity index is 664. The van der Waals surface area contributed by atoms with E-state index in [-0.39, 0.29) is 18.6 Å². The molecule has 0 aliphatic rings. The SMILES string of the molecule is Cc1ccc(C)c([C@@H](C)NC(=O)COc2ccccc2C)c1. The number of carbonyl (C=O) groups is 1. The van der Waals surface area contributed by atoms with Crippen molar-refractivity contribution in [3.63, 3.8) is 0 Å². The fraction of sp³-hybridized carbons (Fsp3) is 0.316. The lowest BCUT2D eigenvalue weighted by Crippen LogP contribution is -2.31. The Morgan fingerprint density at radius 1 is 1.09 bits per heavy atom. The van der Waals surface area contributed by atoms with Gasteiger partial charge in [-0.1, -0.05) is 42.0 Å². The van der Waals surface area contributed by atoms with E-state index in [9.17, 15) is 4.79 Å². The molecule has 0 fully saturated rings. The molecular weight excluding hydrogens is 274 g/mol. The Hall–Kier alpha value is -2.29. The highest BCUT2D eigenvalue weighted by atomic mass is 16.5. The number of para-hydroxylation sites is 1. The molecule has 0 bridgehead atoms. The molecule has 0 saturated carbocycles. The molecule has 1 atom stereocenters. The third kappa shape index (κ3) is 4.10. The summed E-state index contributed by atoms with van der Waals surface area (Å²) in [6.45, 7) is 8.10. The molecule has 2 rings (SSSR count). The van der Waals surface area contributed by atoms with Crippen LogP contribution in [0.1, 0.15) is 35.2 Å². The number of rotatable bonds is 5. The topological polar surface area (TPSA) is 38.3 Å². The second-order valence-corrected chi connectivity index (χ2v) is 5.70. The fourth-order valence-corrected chi connectivity index (χ4v) is 2.45. The van der Waals surface area contributed by atoms with Crippen molar-refractivity contribution < 1.29 is 9.53 Å². The third-order valence-corrected chi connectivity index (χ3v) is 3.73. The molecule has 2 aromatic carbocycles. The maximum Gasteiger partial charge on any atom is 0.258 e. The summed E-state index contributed by atoms with van der Waals surface area (Å²) in [5.74, 6) is 0.633.